The molecule has 0 aliphatic carbocycles. The van der Waals surface area contributed by atoms with E-state index in [0.29, 0.717) is 5.92 Å². The van der Waals surface area contributed by atoms with Gasteiger partial charge in [-0.05, 0) is 35.4 Å². The summed E-state index contributed by atoms with van der Waals surface area (Å²) in [7, 11) is 0. The van der Waals surface area contributed by atoms with Crippen molar-refractivity contribution in [1.82, 2.24) is 5.32 Å². The average Bonchev–Trinajstić information content (AvgIpc) is 2.33. The molecule has 1 N–H and O–H groups in total. The van der Waals surface area contributed by atoms with Crippen LogP contribution in [0.25, 0.3) is 0 Å². The van der Waals surface area contributed by atoms with Gasteiger partial charge in [-0.1, -0.05) is 58.9 Å². The van der Waals surface area contributed by atoms with Crippen LogP contribution in [0.2, 0.25) is 0 Å². The predicted octanol–water partition coefficient (Wildman–Crippen LogP) is 4.18. The van der Waals surface area contributed by atoms with Gasteiger partial charge < -0.3 is 0 Å². The Hall–Kier alpha value is -1.33. The lowest BCUT2D eigenvalue weighted by Gasteiger charge is -2.20. The van der Waals surface area contributed by atoms with Crippen molar-refractivity contribution >= 4 is 0 Å². The van der Waals surface area contributed by atoms with E-state index in [1.807, 2.05) is 0 Å². The molecule has 2 nitrogen and oxygen atoms in total. The number of benzene rings is 1. The zero-order valence-electron chi connectivity index (χ0n) is 12.8. The van der Waals surface area contributed by atoms with Crippen molar-refractivity contribution in [3.05, 3.63) is 35.4 Å². The van der Waals surface area contributed by atoms with Crippen molar-refractivity contribution < 1.29 is 0 Å². The first-order valence-corrected chi connectivity index (χ1v) is 7.08. The van der Waals surface area contributed by atoms with E-state index in [2.05, 4.69) is 70.3 Å². The van der Waals surface area contributed by atoms with E-state index >= 15 is 0 Å². The minimum atomic E-state index is -0.201. The second-order valence-corrected chi connectivity index (χ2v) is 6.57. The molecule has 1 aromatic carbocycles. The zero-order valence-corrected chi connectivity index (χ0v) is 12.8. The van der Waals surface area contributed by atoms with Gasteiger partial charge in [0.1, 0.15) is 6.04 Å². The third-order valence-electron chi connectivity index (χ3n) is 3.31. The number of nitriles is 1. The summed E-state index contributed by atoms with van der Waals surface area (Å²) in [6.07, 6.45) is 1.10. The lowest BCUT2D eigenvalue weighted by atomic mass is 9.86. The SMILES string of the molecule is CC(C)CCNC(C#N)c1ccc(C(C)(C)C)cc1. The topological polar surface area (TPSA) is 35.8 Å². The average molecular weight is 258 g/mol. The largest absolute Gasteiger partial charge is 0.298 e. The van der Waals surface area contributed by atoms with Crippen LogP contribution in [-0.2, 0) is 5.41 Å². The van der Waals surface area contributed by atoms with Gasteiger partial charge in [-0.15, -0.1) is 0 Å². The molecule has 19 heavy (non-hydrogen) atoms. The van der Waals surface area contributed by atoms with E-state index in [1.54, 1.807) is 0 Å². The first-order chi connectivity index (χ1) is 8.84. The van der Waals surface area contributed by atoms with E-state index in [4.69, 9.17) is 0 Å². The van der Waals surface area contributed by atoms with E-state index in [1.165, 1.54) is 5.56 Å². The normalized spacial score (nSPS) is 13.3. The van der Waals surface area contributed by atoms with Gasteiger partial charge in [0, 0.05) is 0 Å². The maximum Gasteiger partial charge on any atom is 0.121 e. The molecule has 0 fully saturated rings. The Kier molecular flexibility index (Phi) is 5.57. The molecule has 1 aromatic rings. The van der Waals surface area contributed by atoms with Gasteiger partial charge in [0.05, 0.1) is 6.07 Å². The lowest BCUT2D eigenvalue weighted by molar-refractivity contribution is 0.519. The highest BCUT2D eigenvalue weighted by Gasteiger charge is 2.15. The standard InChI is InChI=1S/C17H26N2/c1-13(2)10-11-19-16(12-18)14-6-8-15(9-7-14)17(3,4)5/h6-9,13,16,19H,10-11H2,1-5H3. The molecular weight excluding hydrogens is 232 g/mol. The van der Waals surface area contributed by atoms with Crippen LogP contribution in [0.3, 0.4) is 0 Å². The number of nitrogens with zero attached hydrogens (tertiary/aromatic N) is 1. The Balaban J connectivity index is 2.70. The van der Waals surface area contributed by atoms with Gasteiger partial charge in [-0.2, -0.15) is 5.26 Å². The molecule has 104 valence electrons. The monoisotopic (exact) mass is 258 g/mol. The van der Waals surface area contributed by atoms with Gasteiger partial charge in [0.25, 0.3) is 0 Å². The molecule has 2 heteroatoms. The smallest absolute Gasteiger partial charge is 0.121 e. The summed E-state index contributed by atoms with van der Waals surface area (Å²) < 4.78 is 0. The highest BCUT2D eigenvalue weighted by molar-refractivity contribution is 5.31. The van der Waals surface area contributed by atoms with Crippen molar-refractivity contribution in [2.45, 2.75) is 52.5 Å². The number of hydrogen-bond acceptors (Lipinski definition) is 2. The molecular formula is C17H26N2. The summed E-state index contributed by atoms with van der Waals surface area (Å²) in [4.78, 5) is 0. The molecule has 0 spiro atoms. The van der Waals surface area contributed by atoms with Crippen molar-refractivity contribution in [2.75, 3.05) is 6.54 Å². The van der Waals surface area contributed by atoms with Crippen LogP contribution in [0.15, 0.2) is 24.3 Å². The molecule has 0 saturated carbocycles. The summed E-state index contributed by atoms with van der Waals surface area (Å²) >= 11 is 0. The van der Waals surface area contributed by atoms with E-state index in [9.17, 15) is 5.26 Å². The Morgan fingerprint density at radius 3 is 2.16 bits per heavy atom. The zero-order chi connectivity index (χ0) is 14.5. The van der Waals surface area contributed by atoms with Crippen molar-refractivity contribution in [2.24, 2.45) is 5.92 Å². The van der Waals surface area contributed by atoms with Crippen molar-refractivity contribution in [1.29, 1.82) is 5.26 Å². The van der Waals surface area contributed by atoms with E-state index in [0.717, 1.165) is 18.5 Å². The molecule has 0 saturated heterocycles. The first-order valence-electron chi connectivity index (χ1n) is 7.08. The third kappa shape index (κ3) is 5.04. The van der Waals surface area contributed by atoms with Gasteiger partial charge in [-0.25, -0.2) is 0 Å². The number of rotatable bonds is 5. The molecule has 0 heterocycles. The van der Waals surface area contributed by atoms with E-state index < -0.39 is 0 Å². The Morgan fingerprint density at radius 1 is 1.16 bits per heavy atom. The summed E-state index contributed by atoms with van der Waals surface area (Å²) in [6.45, 7) is 11.9. The fraction of sp³-hybridized carbons (Fsp3) is 0.588. The Morgan fingerprint density at radius 2 is 1.74 bits per heavy atom. The lowest BCUT2D eigenvalue weighted by Crippen LogP contribution is -2.22. The van der Waals surface area contributed by atoms with Crippen LogP contribution in [-0.4, -0.2) is 6.54 Å². The van der Waals surface area contributed by atoms with Crippen molar-refractivity contribution in [3.8, 4) is 6.07 Å². The Labute approximate surface area is 117 Å². The molecule has 0 radical (unpaired) electrons. The minimum absolute atomic E-state index is 0.158. The molecule has 1 rings (SSSR count). The predicted molar refractivity (Wildman–Crippen MR) is 81.0 cm³/mol. The van der Waals surface area contributed by atoms with Gasteiger partial charge in [-0.3, -0.25) is 5.32 Å². The number of hydrogen-bond donors (Lipinski definition) is 1. The van der Waals surface area contributed by atoms with Crippen LogP contribution in [0, 0.1) is 17.2 Å². The summed E-state index contributed by atoms with van der Waals surface area (Å²) in [5, 5.41) is 12.6. The highest BCUT2D eigenvalue weighted by Crippen LogP contribution is 2.23. The molecule has 0 aromatic heterocycles. The van der Waals surface area contributed by atoms with Gasteiger partial charge in [0.15, 0.2) is 0 Å². The highest BCUT2D eigenvalue weighted by atomic mass is 14.9. The van der Waals surface area contributed by atoms with Crippen molar-refractivity contribution in [3.63, 3.8) is 0 Å². The molecule has 1 atom stereocenters. The van der Waals surface area contributed by atoms with Crippen LogP contribution in [0.1, 0.15) is 58.2 Å². The molecule has 0 aliphatic rings. The molecule has 1 unspecified atom stereocenters. The van der Waals surface area contributed by atoms with E-state index in [-0.39, 0.29) is 11.5 Å². The molecule has 0 aliphatic heterocycles. The van der Waals surface area contributed by atoms with Crippen LogP contribution < -0.4 is 5.32 Å². The fourth-order valence-corrected chi connectivity index (χ4v) is 1.93. The minimum Gasteiger partial charge on any atom is -0.298 e. The van der Waals surface area contributed by atoms with Gasteiger partial charge in [0.2, 0.25) is 0 Å². The maximum atomic E-state index is 9.26. The summed E-state index contributed by atoms with van der Waals surface area (Å²) in [6, 6.07) is 10.5. The maximum absolute atomic E-state index is 9.26. The first kappa shape index (κ1) is 15.7. The second kappa shape index (κ2) is 6.73. The third-order valence-corrected chi connectivity index (χ3v) is 3.31. The Bertz CT molecular complexity index is 418. The second-order valence-electron chi connectivity index (χ2n) is 6.57. The quantitative estimate of drug-likeness (QED) is 0.859. The van der Waals surface area contributed by atoms with Gasteiger partial charge >= 0.3 is 0 Å². The molecule has 0 bridgehead atoms. The molecule has 0 amide bonds. The van der Waals surface area contributed by atoms with Crippen LogP contribution in [0.4, 0.5) is 0 Å². The van der Waals surface area contributed by atoms with Crippen LogP contribution in [0.5, 0.6) is 0 Å². The summed E-state index contributed by atoms with van der Waals surface area (Å²) in [5.41, 5.74) is 2.51. The van der Waals surface area contributed by atoms with Crippen LogP contribution >= 0.6 is 0 Å². The fourth-order valence-electron chi connectivity index (χ4n) is 1.93. The number of nitrogens with one attached hydrogen (secondary N) is 1. The summed E-state index contributed by atoms with van der Waals surface area (Å²) in [5.74, 6) is 0.662.